The monoisotopic (exact) mass is 283 g/mol. The molecule has 1 heterocycles. The van der Waals surface area contributed by atoms with Crippen molar-refractivity contribution in [1.82, 2.24) is 4.57 Å². The highest BCUT2D eigenvalue weighted by Gasteiger charge is 2.14. The van der Waals surface area contributed by atoms with Gasteiger partial charge in [-0.05, 0) is 24.6 Å². The maximum atomic E-state index is 11.3. The quantitative estimate of drug-likeness (QED) is 0.794. The molecule has 2 aromatic rings. The molecule has 1 aromatic heterocycles. The van der Waals surface area contributed by atoms with Crippen LogP contribution in [0.15, 0.2) is 27.4 Å². The minimum absolute atomic E-state index is 0.0117. The minimum Gasteiger partial charge on any atom is -0.408 e. The van der Waals surface area contributed by atoms with Gasteiger partial charge < -0.3 is 4.42 Å². The number of halogens is 1. The van der Waals surface area contributed by atoms with Gasteiger partial charge in [-0.2, -0.15) is 0 Å². The average molecular weight is 284 g/mol. The zero-order chi connectivity index (χ0) is 11.9. The number of hydrogen-bond acceptors (Lipinski definition) is 3. The minimum atomic E-state index is -0.402. The summed E-state index contributed by atoms with van der Waals surface area (Å²) in [6, 6.07) is 5.28. The molecule has 1 unspecified atom stereocenters. The van der Waals surface area contributed by atoms with Crippen LogP contribution < -0.4 is 5.76 Å². The van der Waals surface area contributed by atoms with Crippen LogP contribution in [0.1, 0.15) is 17.3 Å². The molecule has 0 amide bonds. The summed E-state index contributed by atoms with van der Waals surface area (Å²) < 4.78 is 6.47. The fourth-order valence-electron chi connectivity index (χ4n) is 1.54. The van der Waals surface area contributed by atoms with Crippen LogP contribution in [0.2, 0.25) is 0 Å². The van der Waals surface area contributed by atoms with E-state index in [1.54, 1.807) is 25.2 Å². The lowest BCUT2D eigenvalue weighted by Gasteiger charge is -2.05. The highest BCUT2D eigenvalue weighted by Crippen LogP contribution is 2.26. The predicted molar refractivity (Wildman–Crippen MR) is 63.8 cm³/mol. The molecule has 84 valence electrons. The number of benzene rings is 1. The molecule has 0 aliphatic rings. The van der Waals surface area contributed by atoms with E-state index in [0.29, 0.717) is 5.58 Å². The SMILES string of the molecule is CC(=O)C(Br)c1ccc2c(c1)oc(=O)n2C. The summed E-state index contributed by atoms with van der Waals surface area (Å²) in [6.07, 6.45) is 0. The molecular weight excluding hydrogens is 274 g/mol. The van der Waals surface area contributed by atoms with Gasteiger partial charge in [0, 0.05) is 7.05 Å². The Balaban J connectivity index is 2.61. The van der Waals surface area contributed by atoms with Gasteiger partial charge in [0.25, 0.3) is 0 Å². The molecule has 0 N–H and O–H groups in total. The molecule has 0 radical (unpaired) electrons. The molecule has 0 saturated heterocycles. The molecule has 0 bridgehead atoms. The number of carbonyl (C=O) groups is 1. The largest absolute Gasteiger partial charge is 0.419 e. The van der Waals surface area contributed by atoms with Crippen molar-refractivity contribution in [2.75, 3.05) is 0 Å². The fraction of sp³-hybridized carbons (Fsp3) is 0.273. The number of aryl methyl sites for hydroxylation is 1. The van der Waals surface area contributed by atoms with Crippen molar-refractivity contribution in [2.45, 2.75) is 11.8 Å². The summed E-state index contributed by atoms with van der Waals surface area (Å²) in [5.41, 5.74) is 2.00. The molecule has 16 heavy (non-hydrogen) atoms. The second-order valence-corrected chi connectivity index (χ2v) is 4.54. The van der Waals surface area contributed by atoms with E-state index in [-0.39, 0.29) is 10.6 Å². The first kappa shape index (κ1) is 11.1. The molecule has 1 atom stereocenters. The van der Waals surface area contributed by atoms with E-state index in [0.717, 1.165) is 11.1 Å². The molecule has 1 aromatic carbocycles. The van der Waals surface area contributed by atoms with Gasteiger partial charge in [-0.25, -0.2) is 4.79 Å². The third kappa shape index (κ3) is 1.71. The van der Waals surface area contributed by atoms with Crippen LogP contribution in [-0.2, 0) is 11.8 Å². The van der Waals surface area contributed by atoms with Crippen LogP contribution in [0.25, 0.3) is 11.1 Å². The zero-order valence-electron chi connectivity index (χ0n) is 8.86. The van der Waals surface area contributed by atoms with Gasteiger partial charge >= 0.3 is 5.76 Å². The Morgan fingerprint density at radius 3 is 2.81 bits per heavy atom. The number of ketones is 1. The van der Waals surface area contributed by atoms with Crippen LogP contribution in [0.5, 0.6) is 0 Å². The highest BCUT2D eigenvalue weighted by molar-refractivity contribution is 9.09. The second-order valence-electron chi connectivity index (χ2n) is 3.63. The maximum absolute atomic E-state index is 11.3. The number of alkyl halides is 1. The topological polar surface area (TPSA) is 52.2 Å². The first-order valence-electron chi connectivity index (χ1n) is 4.74. The maximum Gasteiger partial charge on any atom is 0.419 e. The van der Waals surface area contributed by atoms with Gasteiger partial charge in [0.1, 0.15) is 5.78 Å². The third-order valence-electron chi connectivity index (χ3n) is 2.47. The van der Waals surface area contributed by atoms with Gasteiger partial charge in [0.15, 0.2) is 5.58 Å². The summed E-state index contributed by atoms with van der Waals surface area (Å²) in [5, 5.41) is 0. The van der Waals surface area contributed by atoms with Crippen molar-refractivity contribution < 1.29 is 9.21 Å². The molecule has 5 heteroatoms. The molecule has 0 spiro atoms. The van der Waals surface area contributed by atoms with Crippen molar-refractivity contribution in [3.05, 3.63) is 34.3 Å². The highest BCUT2D eigenvalue weighted by atomic mass is 79.9. The van der Waals surface area contributed by atoms with Gasteiger partial charge in [-0.1, -0.05) is 22.0 Å². The van der Waals surface area contributed by atoms with Gasteiger partial charge in [0.2, 0.25) is 0 Å². The number of aromatic nitrogens is 1. The van der Waals surface area contributed by atoms with E-state index in [2.05, 4.69) is 15.9 Å². The summed E-state index contributed by atoms with van der Waals surface area (Å²) in [4.78, 5) is 22.1. The first-order chi connectivity index (χ1) is 7.50. The van der Waals surface area contributed by atoms with Crippen LogP contribution in [0.3, 0.4) is 0 Å². The van der Waals surface area contributed by atoms with Gasteiger partial charge in [0.05, 0.1) is 10.3 Å². The molecule has 4 nitrogen and oxygen atoms in total. The van der Waals surface area contributed by atoms with Crippen molar-refractivity contribution in [3.63, 3.8) is 0 Å². The third-order valence-corrected chi connectivity index (χ3v) is 3.64. The van der Waals surface area contributed by atoms with Crippen LogP contribution in [-0.4, -0.2) is 10.4 Å². The lowest BCUT2D eigenvalue weighted by Crippen LogP contribution is -2.08. The van der Waals surface area contributed by atoms with Crippen LogP contribution in [0, 0.1) is 0 Å². The summed E-state index contributed by atoms with van der Waals surface area (Å²) in [7, 11) is 1.64. The Morgan fingerprint density at radius 1 is 1.50 bits per heavy atom. The number of fused-ring (bicyclic) bond motifs is 1. The van der Waals surface area contributed by atoms with E-state index in [1.807, 2.05) is 0 Å². The van der Waals surface area contributed by atoms with Gasteiger partial charge in [-0.3, -0.25) is 9.36 Å². The summed E-state index contributed by atoms with van der Waals surface area (Å²) >= 11 is 3.29. The lowest BCUT2D eigenvalue weighted by atomic mass is 10.1. The normalized spacial score (nSPS) is 12.9. The molecule has 0 fully saturated rings. The van der Waals surface area contributed by atoms with Crippen molar-refractivity contribution in [3.8, 4) is 0 Å². The van der Waals surface area contributed by atoms with Crippen molar-refractivity contribution in [1.29, 1.82) is 0 Å². The van der Waals surface area contributed by atoms with E-state index >= 15 is 0 Å². The molecule has 2 rings (SSSR count). The molecule has 0 saturated carbocycles. The second kappa shape index (κ2) is 3.90. The Hall–Kier alpha value is -1.36. The smallest absolute Gasteiger partial charge is 0.408 e. The van der Waals surface area contributed by atoms with E-state index < -0.39 is 5.76 Å². The fourth-order valence-corrected chi connectivity index (χ4v) is 1.83. The number of carbonyl (C=O) groups excluding carboxylic acids is 1. The number of rotatable bonds is 2. The lowest BCUT2D eigenvalue weighted by molar-refractivity contribution is -0.116. The average Bonchev–Trinajstić information content (AvgIpc) is 2.53. The Morgan fingerprint density at radius 2 is 2.19 bits per heavy atom. The van der Waals surface area contributed by atoms with Crippen LogP contribution in [0.4, 0.5) is 0 Å². The zero-order valence-corrected chi connectivity index (χ0v) is 10.4. The van der Waals surface area contributed by atoms with E-state index in [9.17, 15) is 9.59 Å². The van der Waals surface area contributed by atoms with Crippen LogP contribution >= 0.6 is 15.9 Å². The number of oxazole rings is 1. The van der Waals surface area contributed by atoms with E-state index in [4.69, 9.17) is 4.42 Å². The molecule has 0 aliphatic carbocycles. The summed E-state index contributed by atoms with van der Waals surface area (Å²) in [6.45, 7) is 1.50. The standard InChI is InChI=1S/C11H10BrNO3/c1-6(14)10(12)7-3-4-8-9(5-7)16-11(15)13(8)2/h3-5,10H,1-2H3. The predicted octanol–water partition coefficient (Wildman–Crippen LogP) is 2.16. The van der Waals surface area contributed by atoms with Crippen molar-refractivity contribution in [2.24, 2.45) is 7.05 Å². The number of Topliss-reactive ketones (excluding diaryl/α,β-unsaturated/α-hetero) is 1. The number of nitrogens with zero attached hydrogens (tertiary/aromatic N) is 1. The van der Waals surface area contributed by atoms with Crippen molar-refractivity contribution >= 4 is 32.8 Å². The van der Waals surface area contributed by atoms with E-state index in [1.165, 1.54) is 11.5 Å². The summed E-state index contributed by atoms with van der Waals surface area (Å²) in [5.74, 6) is -0.390. The molecular formula is C11H10BrNO3. The Labute approximate surface area is 100.0 Å². The number of hydrogen-bond donors (Lipinski definition) is 0. The van der Waals surface area contributed by atoms with Gasteiger partial charge in [-0.15, -0.1) is 0 Å². The Kier molecular flexibility index (Phi) is 2.71. The first-order valence-corrected chi connectivity index (χ1v) is 5.66. The molecule has 0 aliphatic heterocycles. The Bertz CT molecular complexity index is 611.